The molecule has 0 saturated carbocycles. The van der Waals surface area contributed by atoms with Gasteiger partial charge in [-0.1, -0.05) is 206 Å². The third-order valence-corrected chi connectivity index (χ3v) is 13.2. The van der Waals surface area contributed by atoms with Crippen molar-refractivity contribution in [2.75, 3.05) is 4.90 Å². The van der Waals surface area contributed by atoms with E-state index in [1.807, 2.05) is 0 Å². The van der Waals surface area contributed by atoms with E-state index in [1.165, 1.54) is 44.5 Å². The predicted octanol–water partition coefficient (Wildman–Crippen LogP) is 15.9. The van der Waals surface area contributed by atoms with Crippen LogP contribution in [0.3, 0.4) is 0 Å². The summed E-state index contributed by atoms with van der Waals surface area (Å²) in [5.74, 6) is 0. The summed E-state index contributed by atoms with van der Waals surface area (Å²) < 4.78 is 6.71. The molecule has 1 fully saturated rings. The highest BCUT2D eigenvalue weighted by Crippen LogP contribution is 2.42. The summed E-state index contributed by atoms with van der Waals surface area (Å²) in [6, 6.07) is 90.6. The third kappa shape index (κ3) is 8.05. The minimum absolute atomic E-state index is 0.0763. The zero-order chi connectivity index (χ0) is 45.2. The second-order valence-corrected chi connectivity index (χ2v) is 17.4. The van der Waals surface area contributed by atoms with E-state index in [2.05, 4.69) is 276 Å². The van der Waals surface area contributed by atoms with Gasteiger partial charge in [-0.15, -0.1) is 0 Å². The number of benzene rings is 10. The molecule has 5 heteroatoms. The van der Waals surface area contributed by atoms with E-state index in [4.69, 9.17) is 4.42 Å². The molecular formula is C63H48N4O. The Kier molecular flexibility index (Phi) is 11.0. The molecule has 1 saturated heterocycles. The topological polar surface area (TPSA) is 52.5 Å². The van der Waals surface area contributed by atoms with E-state index in [0.29, 0.717) is 0 Å². The molecule has 0 bridgehead atoms. The van der Waals surface area contributed by atoms with Crippen LogP contribution in [0.25, 0.3) is 66.4 Å². The van der Waals surface area contributed by atoms with Crippen LogP contribution in [0, 0.1) is 0 Å². The highest BCUT2D eigenvalue weighted by Gasteiger charge is 2.31. The van der Waals surface area contributed by atoms with Crippen LogP contribution in [-0.4, -0.2) is 0 Å². The number of furan rings is 1. The Morgan fingerprint density at radius 3 is 1.43 bits per heavy atom. The molecule has 2 heterocycles. The smallest absolute Gasteiger partial charge is 0.137 e. The molecule has 12 rings (SSSR count). The first-order valence-corrected chi connectivity index (χ1v) is 23.3. The summed E-state index contributed by atoms with van der Waals surface area (Å²) in [6.45, 7) is 0. The number of hydrogen-bond donors (Lipinski definition) is 3. The molecule has 68 heavy (non-hydrogen) atoms. The quantitative estimate of drug-likeness (QED) is 0.128. The highest BCUT2D eigenvalue weighted by molar-refractivity contribution is 6.13. The van der Waals surface area contributed by atoms with Crippen molar-refractivity contribution in [2.24, 2.45) is 0 Å². The first kappa shape index (κ1) is 41.1. The van der Waals surface area contributed by atoms with Crippen LogP contribution in [0.4, 0.5) is 17.1 Å². The Morgan fingerprint density at radius 2 is 0.765 bits per heavy atom. The van der Waals surface area contributed by atoms with Crippen molar-refractivity contribution in [3.63, 3.8) is 0 Å². The maximum absolute atomic E-state index is 6.71. The Hall–Kier alpha value is -8.32. The van der Waals surface area contributed by atoms with Crippen LogP contribution in [0.15, 0.2) is 259 Å². The summed E-state index contributed by atoms with van der Waals surface area (Å²) in [5, 5.41) is 13.8. The molecule has 5 nitrogen and oxygen atoms in total. The number of hydrogen-bond acceptors (Lipinski definition) is 5. The van der Waals surface area contributed by atoms with Gasteiger partial charge in [0.05, 0.1) is 18.5 Å². The lowest BCUT2D eigenvalue weighted by molar-refractivity contribution is 0.203. The summed E-state index contributed by atoms with van der Waals surface area (Å²) in [4.78, 5) is 2.30. The van der Waals surface area contributed by atoms with Gasteiger partial charge in [0.1, 0.15) is 11.2 Å². The Labute approximate surface area is 397 Å². The van der Waals surface area contributed by atoms with Gasteiger partial charge in [-0.2, -0.15) is 0 Å². The minimum Gasteiger partial charge on any atom is -0.456 e. The summed E-state index contributed by atoms with van der Waals surface area (Å²) in [5.41, 5.74) is 17.9. The zero-order valence-electron chi connectivity index (χ0n) is 37.3. The molecule has 3 unspecified atom stereocenters. The Balaban J connectivity index is 0.849. The SMILES string of the molecule is c1ccc(-c2ccc(-c3ccc(N(c4ccccc4)c4ccc5c(c4)oc4cccc(-c6ccc(C7NC(c8ccccc8)NC(c8ccccc8-c8ccccc8)N7)cc6)c45)cc3)cc2)cc1. The number of fused-ring (bicyclic) bond motifs is 3. The molecule has 1 aliphatic heterocycles. The lowest BCUT2D eigenvalue weighted by atomic mass is 9.95. The number of anilines is 3. The highest BCUT2D eigenvalue weighted by atomic mass is 16.3. The van der Waals surface area contributed by atoms with E-state index >= 15 is 0 Å². The maximum atomic E-state index is 6.71. The number of rotatable bonds is 10. The van der Waals surface area contributed by atoms with Gasteiger partial charge in [-0.05, 0) is 104 Å². The maximum Gasteiger partial charge on any atom is 0.137 e. The molecule has 10 aromatic carbocycles. The van der Waals surface area contributed by atoms with E-state index in [-0.39, 0.29) is 18.5 Å². The van der Waals surface area contributed by atoms with Gasteiger partial charge in [-0.3, -0.25) is 16.0 Å². The van der Waals surface area contributed by atoms with Crippen LogP contribution in [-0.2, 0) is 0 Å². The summed E-state index contributed by atoms with van der Waals surface area (Å²) >= 11 is 0. The second kappa shape index (κ2) is 18.2. The molecule has 0 radical (unpaired) electrons. The molecule has 0 amide bonds. The number of nitrogens with one attached hydrogen (secondary N) is 3. The molecule has 1 aromatic heterocycles. The first-order chi connectivity index (χ1) is 33.7. The van der Waals surface area contributed by atoms with Crippen molar-refractivity contribution in [2.45, 2.75) is 18.5 Å². The first-order valence-electron chi connectivity index (χ1n) is 23.3. The van der Waals surface area contributed by atoms with Crippen molar-refractivity contribution in [3.05, 3.63) is 271 Å². The van der Waals surface area contributed by atoms with Crippen LogP contribution >= 0.6 is 0 Å². The van der Waals surface area contributed by atoms with Crippen molar-refractivity contribution >= 4 is 39.0 Å². The van der Waals surface area contributed by atoms with E-state index < -0.39 is 0 Å². The molecule has 3 N–H and O–H groups in total. The van der Waals surface area contributed by atoms with E-state index in [1.54, 1.807) is 0 Å². The van der Waals surface area contributed by atoms with E-state index in [0.717, 1.165) is 55.7 Å². The number of nitrogens with zero attached hydrogens (tertiary/aromatic N) is 1. The van der Waals surface area contributed by atoms with Crippen molar-refractivity contribution in [1.29, 1.82) is 0 Å². The fraction of sp³-hybridized carbons (Fsp3) is 0.0476. The Bertz CT molecular complexity index is 3470. The van der Waals surface area contributed by atoms with Crippen LogP contribution in [0.5, 0.6) is 0 Å². The zero-order valence-corrected chi connectivity index (χ0v) is 37.3. The predicted molar refractivity (Wildman–Crippen MR) is 281 cm³/mol. The van der Waals surface area contributed by atoms with Gasteiger partial charge < -0.3 is 9.32 Å². The number of para-hydroxylation sites is 1. The van der Waals surface area contributed by atoms with Gasteiger partial charge in [0.25, 0.3) is 0 Å². The lowest BCUT2D eigenvalue weighted by Crippen LogP contribution is -2.54. The fourth-order valence-electron chi connectivity index (χ4n) is 9.85. The molecular weight excluding hydrogens is 829 g/mol. The van der Waals surface area contributed by atoms with Crippen molar-refractivity contribution in [1.82, 2.24) is 16.0 Å². The molecule has 326 valence electrons. The van der Waals surface area contributed by atoms with Crippen LogP contribution in [0.1, 0.15) is 35.2 Å². The summed E-state index contributed by atoms with van der Waals surface area (Å²) in [6.07, 6.45) is -0.310. The van der Waals surface area contributed by atoms with Gasteiger partial charge >= 0.3 is 0 Å². The average molecular weight is 877 g/mol. The third-order valence-electron chi connectivity index (χ3n) is 13.2. The monoisotopic (exact) mass is 876 g/mol. The van der Waals surface area contributed by atoms with Crippen molar-refractivity contribution in [3.8, 4) is 44.5 Å². The van der Waals surface area contributed by atoms with E-state index in [9.17, 15) is 0 Å². The van der Waals surface area contributed by atoms with Crippen LogP contribution < -0.4 is 20.9 Å². The van der Waals surface area contributed by atoms with Gasteiger partial charge in [0.2, 0.25) is 0 Å². The molecule has 3 atom stereocenters. The van der Waals surface area contributed by atoms with Crippen LogP contribution in [0.2, 0.25) is 0 Å². The minimum atomic E-state index is -0.122. The largest absolute Gasteiger partial charge is 0.456 e. The molecule has 0 aliphatic carbocycles. The Morgan fingerprint density at radius 1 is 0.309 bits per heavy atom. The van der Waals surface area contributed by atoms with Gasteiger partial charge in [-0.25, -0.2) is 0 Å². The van der Waals surface area contributed by atoms with Crippen molar-refractivity contribution < 1.29 is 4.42 Å². The molecule has 0 spiro atoms. The van der Waals surface area contributed by atoms with Gasteiger partial charge in [0.15, 0.2) is 0 Å². The summed E-state index contributed by atoms with van der Waals surface area (Å²) in [7, 11) is 0. The lowest BCUT2D eigenvalue weighted by Gasteiger charge is -2.40. The molecule has 11 aromatic rings. The molecule has 1 aliphatic rings. The fourth-order valence-corrected chi connectivity index (χ4v) is 9.85. The normalized spacial score (nSPS) is 15.9. The second-order valence-electron chi connectivity index (χ2n) is 17.4. The average Bonchev–Trinajstić information content (AvgIpc) is 3.81. The van der Waals surface area contributed by atoms with Gasteiger partial charge in [0, 0.05) is 33.9 Å². The standard InChI is InChI=1S/C63H48N4O/c1-5-16-43(17-6-1)44-28-30-45(31-29-44)46-36-38-52(39-37-46)67(51-22-11-4-12-23-51)53-40-41-57-59(42-53)68-58-27-15-26-55(60(57)58)48-32-34-50(35-33-48)62-64-61(49-20-9-3-10-21-49)65-63(66-62)56-25-14-13-24-54(56)47-18-7-2-8-19-47/h1-42,61-66H.